The molecule has 0 bridgehead atoms. The molecule has 0 saturated heterocycles. The van der Waals surface area contributed by atoms with Crippen molar-refractivity contribution in [2.75, 3.05) is 0 Å². The van der Waals surface area contributed by atoms with Gasteiger partial charge in [-0.25, -0.2) is 10.4 Å². The third-order valence-electron chi connectivity index (χ3n) is 3.97. The van der Waals surface area contributed by atoms with Gasteiger partial charge in [0.1, 0.15) is 0 Å². The van der Waals surface area contributed by atoms with Crippen LogP contribution < -0.4 is 5.43 Å². The van der Waals surface area contributed by atoms with Crippen LogP contribution in [0.25, 0.3) is 22.2 Å². The second-order valence-electron chi connectivity index (χ2n) is 5.69. The summed E-state index contributed by atoms with van der Waals surface area (Å²) in [4.78, 5) is 17.3. The average Bonchev–Trinajstić information content (AvgIpc) is 2.65. The topological polar surface area (TPSA) is 54.4 Å². The fourth-order valence-corrected chi connectivity index (χ4v) is 2.69. The van der Waals surface area contributed by atoms with Crippen LogP contribution in [0.2, 0.25) is 5.02 Å². The highest BCUT2D eigenvalue weighted by Gasteiger charge is 2.14. The predicted octanol–water partition coefficient (Wildman–Crippen LogP) is 5.07. The van der Waals surface area contributed by atoms with Crippen molar-refractivity contribution in [3.63, 3.8) is 0 Å². The lowest BCUT2D eigenvalue weighted by molar-refractivity contribution is 0.0956. The Hall–Kier alpha value is -2.72. The number of fused-ring (bicyclic) bond motifs is 1. The van der Waals surface area contributed by atoms with E-state index in [1.54, 1.807) is 6.07 Å². The van der Waals surface area contributed by atoms with Gasteiger partial charge in [-0.05, 0) is 31.5 Å². The number of nitrogens with one attached hydrogen (secondary N) is 1. The number of nitrogens with zero attached hydrogens (tertiary/aromatic N) is 2. The van der Waals surface area contributed by atoms with Crippen LogP contribution in [0, 0.1) is 0 Å². The Morgan fingerprint density at radius 2 is 1.88 bits per heavy atom. The Bertz CT molecular complexity index is 966. The van der Waals surface area contributed by atoms with Gasteiger partial charge in [-0.3, -0.25) is 4.79 Å². The zero-order valence-electron chi connectivity index (χ0n) is 14.1. The van der Waals surface area contributed by atoms with Crippen LogP contribution in [0.5, 0.6) is 0 Å². The van der Waals surface area contributed by atoms with E-state index < -0.39 is 0 Å². The van der Waals surface area contributed by atoms with E-state index in [0.717, 1.165) is 28.6 Å². The van der Waals surface area contributed by atoms with Crippen LogP contribution in [0.3, 0.4) is 0 Å². The van der Waals surface area contributed by atoms with Gasteiger partial charge in [0.25, 0.3) is 5.91 Å². The molecule has 0 atom stereocenters. The summed E-state index contributed by atoms with van der Waals surface area (Å²) >= 11 is 6.30. The lowest BCUT2D eigenvalue weighted by Crippen LogP contribution is -2.19. The van der Waals surface area contributed by atoms with Crippen molar-refractivity contribution in [3.8, 4) is 11.3 Å². The van der Waals surface area contributed by atoms with Crippen LogP contribution in [-0.2, 0) is 0 Å². The minimum atomic E-state index is -0.264. The maximum Gasteiger partial charge on any atom is 0.272 e. The van der Waals surface area contributed by atoms with Gasteiger partial charge in [-0.15, -0.1) is 0 Å². The highest BCUT2D eigenvalue weighted by Crippen LogP contribution is 2.29. The number of rotatable bonds is 4. The highest BCUT2D eigenvalue weighted by molar-refractivity contribution is 6.33. The molecule has 0 radical (unpaired) electrons. The average molecular weight is 352 g/mol. The first-order valence-corrected chi connectivity index (χ1v) is 8.46. The minimum Gasteiger partial charge on any atom is -0.267 e. The van der Waals surface area contributed by atoms with Gasteiger partial charge in [0.05, 0.1) is 16.8 Å². The van der Waals surface area contributed by atoms with Crippen molar-refractivity contribution in [3.05, 3.63) is 65.2 Å². The number of para-hydroxylation sites is 1. The molecule has 1 heterocycles. The molecule has 0 aliphatic heterocycles. The van der Waals surface area contributed by atoms with Crippen molar-refractivity contribution in [1.82, 2.24) is 10.4 Å². The molecule has 3 rings (SSSR count). The zero-order chi connectivity index (χ0) is 17.8. The maximum absolute atomic E-state index is 12.7. The largest absolute Gasteiger partial charge is 0.272 e. The number of benzene rings is 2. The summed E-state index contributed by atoms with van der Waals surface area (Å²) in [6.07, 6.45) is 0.780. The molecule has 4 nitrogen and oxygen atoms in total. The van der Waals surface area contributed by atoms with Gasteiger partial charge in [0.2, 0.25) is 0 Å². The lowest BCUT2D eigenvalue weighted by Gasteiger charge is -2.10. The number of hydrogen-bond acceptors (Lipinski definition) is 3. The second-order valence-corrected chi connectivity index (χ2v) is 6.10. The summed E-state index contributed by atoms with van der Waals surface area (Å²) in [5, 5.41) is 5.49. The number of aromatic nitrogens is 1. The van der Waals surface area contributed by atoms with E-state index in [1.807, 2.05) is 62.4 Å². The van der Waals surface area contributed by atoms with E-state index in [1.165, 1.54) is 0 Å². The quantitative estimate of drug-likeness (QED) is 0.527. The molecule has 25 heavy (non-hydrogen) atoms. The molecule has 2 aromatic carbocycles. The standard InChI is InChI=1S/C20H18ClN3O/c1-3-13(2)23-24-20(25)16-12-19(15-9-4-6-10-17(15)21)22-18-11-7-5-8-14(16)18/h4-12H,3H2,1-2H3,(H,24,25)/b23-13-. The summed E-state index contributed by atoms with van der Waals surface area (Å²) in [7, 11) is 0. The molecule has 0 spiro atoms. The normalized spacial score (nSPS) is 11.6. The number of carbonyl (C=O) groups is 1. The Balaban J connectivity index is 2.14. The van der Waals surface area contributed by atoms with Crippen molar-refractivity contribution in [2.24, 2.45) is 5.10 Å². The van der Waals surface area contributed by atoms with Gasteiger partial charge in [0, 0.05) is 21.7 Å². The van der Waals surface area contributed by atoms with E-state index in [4.69, 9.17) is 11.6 Å². The SMILES string of the molecule is CC/C(C)=N\NC(=O)c1cc(-c2ccccc2Cl)nc2ccccc12. The van der Waals surface area contributed by atoms with E-state index in [9.17, 15) is 4.79 Å². The smallest absolute Gasteiger partial charge is 0.267 e. The molecule has 1 N–H and O–H groups in total. The maximum atomic E-state index is 12.7. The van der Waals surface area contributed by atoms with Gasteiger partial charge in [-0.2, -0.15) is 5.10 Å². The van der Waals surface area contributed by atoms with Crippen LogP contribution in [0.1, 0.15) is 30.6 Å². The molecule has 0 aliphatic rings. The first kappa shape index (κ1) is 17.1. The number of amides is 1. The lowest BCUT2D eigenvalue weighted by atomic mass is 10.0. The molecule has 0 aliphatic carbocycles. The fraction of sp³-hybridized carbons (Fsp3) is 0.150. The molecule has 1 amide bonds. The van der Waals surface area contributed by atoms with Gasteiger partial charge < -0.3 is 0 Å². The number of carbonyl (C=O) groups excluding carboxylic acids is 1. The van der Waals surface area contributed by atoms with E-state index in [2.05, 4.69) is 15.5 Å². The van der Waals surface area contributed by atoms with Crippen molar-refractivity contribution < 1.29 is 4.79 Å². The number of hydrogen-bond donors (Lipinski definition) is 1. The molecule has 1 aromatic heterocycles. The predicted molar refractivity (Wildman–Crippen MR) is 103 cm³/mol. The zero-order valence-corrected chi connectivity index (χ0v) is 14.8. The molecular weight excluding hydrogens is 334 g/mol. The summed E-state index contributed by atoms with van der Waals surface area (Å²) < 4.78 is 0. The summed E-state index contributed by atoms with van der Waals surface area (Å²) in [5.41, 5.74) is 6.19. The number of halogens is 1. The second kappa shape index (κ2) is 7.45. The first-order chi connectivity index (χ1) is 12.1. The molecule has 0 fully saturated rings. The first-order valence-electron chi connectivity index (χ1n) is 8.08. The molecule has 3 aromatic rings. The number of pyridine rings is 1. The molecule has 5 heteroatoms. The van der Waals surface area contributed by atoms with Crippen LogP contribution >= 0.6 is 11.6 Å². The minimum absolute atomic E-state index is 0.264. The Morgan fingerprint density at radius 1 is 1.16 bits per heavy atom. The Morgan fingerprint density at radius 3 is 2.64 bits per heavy atom. The Labute approximate surface area is 151 Å². The van der Waals surface area contributed by atoms with E-state index in [-0.39, 0.29) is 5.91 Å². The van der Waals surface area contributed by atoms with Crippen molar-refractivity contribution in [1.29, 1.82) is 0 Å². The summed E-state index contributed by atoms with van der Waals surface area (Å²) in [5.74, 6) is -0.264. The van der Waals surface area contributed by atoms with E-state index in [0.29, 0.717) is 16.3 Å². The Kier molecular flexibility index (Phi) is 5.10. The number of hydrazone groups is 1. The van der Waals surface area contributed by atoms with Crippen LogP contribution in [-0.4, -0.2) is 16.6 Å². The third-order valence-corrected chi connectivity index (χ3v) is 4.30. The molecule has 0 unspecified atom stereocenters. The van der Waals surface area contributed by atoms with E-state index >= 15 is 0 Å². The summed E-state index contributed by atoms with van der Waals surface area (Å²) in [6, 6.07) is 16.8. The van der Waals surface area contributed by atoms with Crippen LogP contribution in [0.4, 0.5) is 0 Å². The molecule has 126 valence electrons. The van der Waals surface area contributed by atoms with Gasteiger partial charge >= 0.3 is 0 Å². The monoisotopic (exact) mass is 351 g/mol. The van der Waals surface area contributed by atoms with Crippen molar-refractivity contribution >= 4 is 34.1 Å². The summed E-state index contributed by atoms with van der Waals surface area (Å²) in [6.45, 7) is 3.86. The van der Waals surface area contributed by atoms with Crippen molar-refractivity contribution in [2.45, 2.75) is 20.3 Å². The highest BCUT2D eigenvalue weighted by atomic mass is 35.5. The molecular formula is C20H18ClN3O. The van der Waals surface area contributed by atoms with Crippen LogP contribution in [0.15, 0.2) is 59.7 Å². The third kappa shape index (κ3) is 3.69. The van der Waals surface area contributed by atoms with Gasteiger partial charge in [0.15, 0.2) is 0 Å². The van der Waals surface area contributed by atoms with Gasteiger partial charge in [-0.1, -0.05) is 54.9 Å². The molecule has 0 saturated carbocycles. The fourth-order valence-electron chi connectivity index (χ4n) is 2.46.